The number of likely N-dealkylation sites (tertiary alicyclic amines) is 1. The van der Waals surface area contributed by atoms with Crippen molar-refractivity contribution in [2.45, 2.75) is 37.7 Å². The number of aliphatic carboxylic acids is 1. The Bertz CT molecular complexity index is 905. The number of aliphatic hydroxyl groups excluding tert-OH is 1. The average molecular weight is 567 g/mol. The highest BCUT2D eigenvalue weighted by atomic mass is 32.2. The van der Waals surface area contributed by atoms with Crippen molar-refractivity contribution in [3.05, 3.63) is 10.6 Å². The lowest BCUT2D eigenvalue weighted by molar-refractivity contribution is -0.163. The Morgan fingerprint density at radius 1 is 1.08 bits per heavy atom. The maximum Gasteiger partial charge on any atom is 0.353 e. The van der Waals surface area contributed by atoms with Gasteiger partial charge in [-0.3, -0.25) is 14.6 Å². The number of carboxylic acids is 1. The molecule has 0 aromatic carbocycles. The van der Waals surface area contributed by atoms with E-state index in [4.69, 9.17) is 0 Å². The van der Waals surface area contributed by atoms with Crippen molar-refractivity contribution in [3.63, 3.8) is 0 Å². The van der Waals surface area contributed by atoms with Crippen LogP contribution in [0.25, 0.3) is 0 Å². The van der Waals surface area contributed by atoms with Gasteiger partial charge in [0.15, 0.2) is 0 Å². The molecule has 5 rings (SSSR count). The zero-order valence-electron chi connectivity index (χ0n) is 23.6. The first-order valence-electron chi connectivity index (χ1n) is 14.4. The highest BCUT2D eigenvalue weighted by Crippen LogP contribution is 2.51. The van der Waals surface area contributed by atoms with Crippen LogP contribution in [0.1, 0.15) is 20.3 Å². The zero-order chi connectivity index (χ0) is 28.1. The number of amides is 1. The predicted octanol–water partition coefficient (Wildman–Crippen LogP) is -0.714. The molecule has 5 heterocycles. The number of rotatable bonds is 9. The van der Waals surface area contributed by atoms with Gasteiger partial charge in [0.05, 0.1) is 24.6 Å². The molecule has 0 spiro atoms. The Morgan fingerprint density at radius 2 is 1.74 bits per heavy atom. The molecule has 5 atom stereocenters. The molecule has 11 nitrogen and oxygen atoms in total. The van der Waals surface area contributed by atoms with Crippen LogP contribution in [0.4, 0.5) is 0 Å². The van der Waals surface area contributed by atoms with E-state index in [-0.39, 0.29) is 23.6 Å². The van der Waals surface area contributed by atoms with Crippen molar-refractivity contribution in [2.24, 2.45) is 11.8 Å². The summed E-state index contributed by atoms with van der Waals surface area (Å²) in [6, 6.07) is -0.221. The highest BCUT2D eigenvalue weighted by Gasteiger charge is 2.60. The molecule has 5 aliphatic rings. The summed E-state index contributed by atoms with van der Waals surface area (Å²) >= 11 is 1.65. The summed E-state index contributed by atoms with van der Waals surface area (Å²) in [5.74, 6) is -1.82. The minimum atomic E-state index is -1.03. The summed E-state index contributed by atoms with van der Waals surface area (Å²) in [5, 5.41) is 23.5. The molecule has 0 unspecified atom stereocenters. The van der Waals surface area contributed by atoms with Crippen LogP contribution in [0.3, 0.4) is 0 Å². The van der Waals surface area contributed by atoms with E-state index < -0.39 is 18.0 Å². The number of fused-ring (bicyclic) bond motifs is 1. The monoisotopic (exact) mass is 566 g/mol. The SMILES string of the molecule is CN1CCN(CC=O)CC1.C[C@@H](O)[C@H]1C(=O)N2C(C(=O)O)=C(S[C@@H]3CCN(CCN4CCNCC4)C3)[C@H](C)[C@H]12. The first-order chi connectivity index (χ1) is 18.7. The third kappa shape index (κ3) is 7.22. The van der Waals surface area contributed by atoms with Crippen LogP contribution in [0.2, 0.25) is 0 Å². The van der Waals surface area contributed by atoms with Gasteiger partial charge >= 0.3 is 5.97 Å². The van der Waals surface area contributed by atoms with Crippen molar-refractivity contribution in [3.8, 4) is 0 Å². The lowest BCUT2D eigenvalue weighted by Crippen LogP contribution is -2.63. The van der Waals surface area contributed by atoms with E-state index in [1.165, 1.54) is 4.90 Å². The second kappa shape index (κ2) is 13.9. The van der Waals surface area contributed by atoms with Gasteiger partial charge in [-0.15, -0.1) is 11.8 Å². The zero-order valence-corrected chi connectivity index (χ0v) is 24.4. The Morgan fingerprint density at radius 3 is 2.36 bits per heavy atom. The van der Waals surface area contributed by atoms with E-state index in [0.29, 0.717) is 11.8 Å². The van der Waals surface area contributed by atoms with Gasteiger partial charge in [0.2, 0.25) is 5.91 Å². The normalized spacial score (nSPS) is 31.5. The Kier molecular flexibility index (Phi) is 10.8. The molecular weight excluding hydrogens is 520 g/mol. The van der Waals surface area contributed by atoms with Crippen LogP contribution in [-0.2, 0) is 14.4 Å². The predicted molar refractivity (Wildman–Crippen MR) is 151 cm³/mol. The van der Waals surface area contributed by atoms with Gasteiger partial charge in [-0.25, -0.2) is 4.79 Å². The van der Waals surface area contributed by atoms with Gasteiger partial charge < -0.3 is 35.0 Å². The molecule has 0 bridgehead atoms. The third-order valence-electron chi connectivity index (χ3n) is 8.70. The number of carboxylic acid groups (broad SMARTS) is 1. The van der Waals surface area contributed by atoms with Crippen molar-refractivity contribution in [1.82, 2.24) is 29.8 Å². The Hall–Kier alpha value is -1.54. The minimum absolute atomic E-state index is 0.0432. The fourth-order valence-corrected chi connectivity index (χ4v) is 7.83. The number of nitrogens with zero attached hydrogens (tertiary/aromatic N) is 5. The number of β-lactam (4-membered cyclic amide) rings is 1. The minimum Gasteiger partial charge on any atom is -0.477 e. The van der Waals surface area contributed by atoms with E-state index in [2.05, 4.69) is 32.0 Å². The van der Waals surface area contributed by atoms with Crippen LogP contribution in [0.15, 0.2) is 10.6 Å². The summed E-state index contributed by atoms with van der Waals surface area (Å²) in [6.45, 7) is 16.9. The Labute approximate surface area is 236 Å². The van der Waals surface area contributed by atoms with Gasteiger partial charge in [-0.05, 0) is 26.9 Å². The number of hydrogen-bond acceptors (Lipinski definition) is 10. The number of thioether (sulfide) groups is 1. The molecule has 4 fully saturated rings. The Balaban J connectivity index is 0.000000298. The van der Waals surface area contributed by atoms with E-state index in [1.54, 1.807) is 18.7 Å². The number of nitrogens with one attached hydrogen (secondary N) is 1. The molecule has 5 aliphatic heterocycles. The summed E-state index contributed by atoms with van der Waals surface area (Å²) in [6.07, 6.45) is 1.26. The van der Waals surface area contributed by atoms with Gasteiger partial charge in [0, 0.05) is 88.1 Å². The maximum atomic E-state index is 12.5. The van der Waals surface area contributed by atoms with E-state index in [9.17, 15) is 24.6 Å². The first kappa shape index (κ1) is 30.4. The van der Waals surface area contributed by atoms with Crippen LogP contribution >= 0.6 is 11.8 Å². The molecule has 39 heavy (non-hydrogen) atoms. The molecule has 4 saturated heterocycles. The van der Waals surface area contributed by atoms with Gasteiger partial charge in [0.1, 0.15) is 12.0 Å². The molecule has 1 amide bonds. The number of carbonyl (C=O) groups is 3. The summed E-state index contributed by atoms with van der Waals surface area (Å²) in [4.78, 5) is 46.1. The van der Waals surface area contributed by atoms with E-state index in [1.807, 2.05) is 6.92 Å². The fourth-order valence-electron chi connectivity index (χ4n) is 6.31. The van der Waals surface area contributed by atoms with E-state index >= 15 is 0 Å². The first-order valence-corrected chi connectivity index (χ1v) is 15.2. The summed E-state index contributed by atoms with van der Waals surface area (Å²) in [7, 11) is 2.11. The number of likely N-dealkylation sites (N-methyl/N-ethyl adjacent to an activating group) is 1. The van der Waals surface area contributed by atoms with Crippen LogP contribution < -0.4 is 5.32 Å². The van der Waals surface area contributed by atoms with Crippen molar-refractivity contribution < 1.29 is 24.6 Å². The summed E-state index contributed by atoms with van der Waals surface area (Å²) in [5.41, 5.74) is 0.147. The second-order valence-corrected chi connectivity index (χ2v) is 12.8. The number of hydrogen-bond donors (Lipinski definition) is 3. The topological polar surface area (TPSA) is 120 Å². The van der Waals surface area contributed by atoms with Gasteiger partial charge in [0.25, 0.3) is 0 Å². The molecule has 0 aromatic rings. The third-order valence-corrected chi connectivity index (χ3v) is 10.2. The van der Waals surface area contributed by atoms with Crippen molar-refractivity contribution in [1.29, 1.82) is 0 Å². The number of carbonyl (C=O) groups excluding carboxylic acids is 2. The second-order valence-electron chi connectivity index (χ2n) is 11.5. The maximum absolute atomic E-state index is 12.5. The standard InChI is InChI=1S/C20H32N4O4S.C7H14N2O/c1-12-16-15(13(2)25)19(26)24(16)17(20(27)28)18(12)29-14-3-6-23(11-14)10-9-22-7-4-21-5-8-22;1-8-2-4-9(5-3-8)6-7-10/h12-16,21,25H,3-11H2,1-2H3,(H,27,28);7H,2-6H2,1H3/t12-,13-,14-,15-,16-;/m1./s1. The van der Waals surface area contributed by atoms with Crippen LogP contribution in [0, 0.1) is 11.8 Å². The van der Waals surface area contributed by atoms with Gasteiger partial charge in [-0.2, -0.15) is 0 Å². The lowest BCUT2D eigenvalue weighted by atomic mass is 9.79. The van der Waals surface area contributed by atoms with Crippen molar-refractivity contribution >= 4 is 29.9 Å². The largest absolute Gasteiger partial charge is 0.477 e. The van der Waals surface area contributed by atoms with Crippen LogP contribution in [0.5, 0.6) is 0 Å². The molecule has 220 valence electrons. The quantitative estimate of drug-likeness (QED) is 0.242. The summed E-state index contributed by atoms with van der Waals surface area (Å²) < 4.78 is 0. The molecule has 12 heteroatoms. The number of aliphatic hydroxyl groups is 1. The molecular formula is C27H46N6O5S. The number of aldehydes is 1. The molecule has 0 saturated carbocycles. The number of piperazine rings is 2. The average Bonchev–Trinajstić information content (AvgIpc) is 3.46. The van der Waals surface area contributed by atoms with Crippen molar-refractivity contribution in [2.75, 3.05) is 92.1 Å². The molecule has 0 aromatic heterocycles. The van der Waals surface area contributed by atoms with Gasteiger partial charge in [-0.1, -0.05) is 6.92 Å². The molecule has 3 N–H and O–H groups in total. The lowest BCUT2D eigenvalue weighted by Gasteiger charge is -2.46. The van der Waals surface area contributed by atoms with Crippen LogP contribution in [-0.4, -0.2) is 162 Å². The van der Waals surface area contributed by atoms with E-state index in [0.717, 1.165) is 96.1 Å². The molecule has 0 radical (unpaired) electrons. The smallest absolute Gasteiger partial charge is 0.353 e. The molecule has 0 aliphatic carbocycles. The fraction of sp³-hybridized carbons (Fsp3) is 0.815. The highest BCUT2D eigenvalue weighted by molar-refractivity contribution is 8.03.